The van der Waals surface area contributed by atoms with Gasteiger partial charge in [-0.3, -0.25) is 4.57 Å². The summed E-state index contributed by atoms with van der Waals surface area (Å²) >= 11 is 0. The first-order chi connectivity index (χ1) is 4.62. The molecular formula is C7H15O2P. The van der Waals surface area contributed by atoms with E-state index in [9.17, 15) is 4.57 Å². The Morgan fingerprint density at radius 2 is 2.20 bits per heavy atom. The van der Waals surface area contributed by atoms with Crippen molar-refractivity contribution in [3.05, 3.63) is 12.2 Å². The maximum Gasteiger partial charge on any atom is 0.200 e. The molecular weight excluding hydrogens is 147 g/mol. The van der Waals surface area contributed by atoms with E-state index in [1.165, 1.54) is 0 Å². The lowest BCUT2D eigenvalue weighted by Gasteiger charge is -2.05. The van der Waals surface area contributed by atoms with Gasteiger partial charge in [0.1, 0.15) is 0 Å². The van der Waals surface area contributed by atoms with Crippen LogP contribution in [0.4, 0.5) is 0 Å². The molecule has 0 spiro atoms. The van der Waals surface area contributed by atoms with Gasteiger partial charge in [-0.25, -0.2) is 0 Å². The van der Waals surface area contributed by atoms with Crippen LogP contribution >= 0.6 is 7.37 Å². The van der Waals surface area contributed by atoms with Crippen molar-refractivity contribution in [3.63, 3.8) is 0 Å². The summed E-state index contributed by atoms with van der Waals surface area (Å²) < 4.78 is 11.0. The second kappa shape index (κ2) is 4.70. The number of allylic oxidation sites excluding steroid dienone is 2. The summed E-state index contributed by atoms with van der Waals surface area (Å²) in [6, 6.07) is 0. The van der Waals surface area contributed by atoms with Crippen LogP contribution in [-0.2, 0) is 4.57 Å². The molecule has 10 heavy (non-hydrogen) atoms. The Balaban J connectivity index is 3.57. The molecule has 0 fully saturated rings. The third-order valence-electron chi connectivity index (χ3n) is 1.37. The fourth-order valence-electron chi connectivity index (χ4n) is 0.601. The van der Waals surface area contributed by atoms with Gasteiger partial charge in [0.2, 0.25) is 7.37 Å². The predicted octanol–water partition coefficient (Wildman–Crippen LogP) is 2.24. The van der Waals surface area contributed by atoms with Gasteiger partial charge in [0.15, 0.2) is 0 Å². The van der Waals surface area contributed by atoms with E-state index >= 15 is 0 Å². The van der Waals surface area contributed by atoms with Crippen molar-refractivity contribution < 1.29 is 9.46 Å². The fraction of sp³-hybridized carbons (Fsp3) is 0.714. The molecule has 0 heterocycles. The molecule has 0 bridgehead atoms. The standard InChI is InChI=1S/C7H15O2P/c1-3-5-6-7-10(8,9)4-2/h3,5H,4,6-7H2,1-2H3,(H,8,9). The van der Waals surface area contributed by atoms with Crippen LogP contribution in [0.1, 0.15) is 20.3 Å². The minimum Gasteiger partial charge on any atom is -0.344 e. The maximum atomic E-state index is 11.0. The van der Waals surface area contributed by atoms with Gasteiger partial charge in [-0.2, -0.15) is 0 Å². The van der Waals surface area contributed by atoms with Gasteiger partial charge >= 0.3 is 0 Å². The first-order valence-corrected chi connectivity index (χ1v) is 5.57. The Morgan fingerprint density at radius 1 is 1.60 bits per heavy atom. The molecule has 2 nitrogen and oxygen atoms in total. The Hall–Kier alpha value is -0.0700. The van der Waals surface area contributed by atoms with Crippen LogP contribution in [0, 0.1) is 0 Å². The molecule has 0 rings (SSSR count). The van der Waals surface area contributed by atoms with Crippen LogP contribution in [0.2, 0.25) is 0 Å². The Morgan fingerprint density at radius 3 is 2.60 bits per heavy atom. The lowest BCUT2D eigenvalue weighted by atomic mass is 10.4. The number of hydrogen-bond acceptors (Lipinski definition) is 1. The van der Waals surface area contributed by atoms with Gasteiger partial charge in [-0.15, -0.1) is 0 Å². The Kier molecular flexibility index (Phi) is 4.67. The van der Waals surface area contributed by atoms with E-state index in [0.717, 1.165) is 6.42 Å². The SMILES string of the molecule is CC=CCCP(=O)(O)CC. The van der Waals surface area contributed by atoms with Gasteiger partial charge in [0.05, 0.1) is 0 Å². The van der Waals surface area contributed by atoms with Crippen molar-refractivity contribution in [3.8, 4) is 0 Å². The first kappa shape index (κ1) is 9.93. The van der Waals surface area contributed by atoms with E-state index in [0.29, 0.717) is 12.3 Å². The molecule has 1 unspecified atom stereocenters. The zero-order valence-corrected chi connectivity index (χ0v) is 7.47. The molecule has 1 atom stereocenters. The van der Waals surface area contributed by atoms with Crippen LogP contribution in [0.15, 0.2) is 12.2 Å². The normalized spacial score (nSPS) is 17.5. The van der Waals surface area contributed by atoms with Gasteiger partial charge in [-0.1, -0.05) is 19.1 Å². The average molecular weight is 162 g/mol. The lowest BCUT2D eigenvalue weighted by molar-refractivity contribution is 0.479. The van der Waals surface area contributed by atoms with E-state index < -0.39 is 7.37 Å². The maximum absolute atomic E-state index is 11.0. The minimum absolute atomic E-state index is 0.393. The molecule has 0 aromatic heterocycles. The molecule has 0 aliphatic carbocycles. The summed E-state index contributed by atoms with van der Waals surface area (Å²) in [4.78, 5) is 9.07. The number of hydrogen-bond donors (Lipinski definition) is 1. The zero-order valence-electron chi connectivity index (χ0n) is 6.58. The van der Waals surface area contributed by atoms with Crippen LogP contribution in [-0.4, -0.2) is 17.2 Å². The fourth-order valence-corrected chi connectivity index (χ4v) is 1.47. The molecule has 0 radical (unpaired) electrons. The smallest absolute Gasteiger partial charge is 0.200 e. The predicted molar refractivity (Wildman–Crippen MR) is 44.7 cm³/mol. The highest BCUT2D eigenvalue weighted by molar-refractivity contribution is 7.57. The van der Waals surface area contributed by atoms with Crippen molar-refractivity contribution in [2.45, 2.75) is 20.3 Å². The van der Waals surface area contributed by atoms with Crippen LogP contribution in [0.5, 0.6) is 0 Å². The largest absolute Gasteiger partial charge is 0.344 e. The van der Waals surface area contributed by atoms with Crippen LogP contribution < -0.4 is 0 Å². The van der Waals surface area contributed by atoms with E-state index in [2.05, 4.69) is 0 Å². The van der Waals surface area contributed by atoms with Crippen LogP contribution in [0.25, 0.3) is 0 Å². The summed E-state index contributed by atoms with van der Waals surface area (Å²) in [5.74, 6) is 0. The van der Waals surface area contributed by atoms with Gasteiger partial charge in [0, 0.05) is 12.3 Å². The van der Waals surface area contributed by atoms with Crippen molar-refractivity contribution in [1.29, 1.82) is 0 Å². The quantitative estimate of drug-likeness (QED) is 0.508. The Bertz CT molecular complexity index is 152. The summed E-state index contributed by atoms with van der Waals surface area (Å²) in [5, 5.41) is 0. The molecule has 1 N–H and O–H groups in total. The lowest BCUT2D eigenvalue weighted by Crippen LogP contribution is -1.89. The summed E-state index contributed by atoms with van der Waals surface area (Å²) in [5.41, 5.74) is 0. The average Bonchev–Trinajstić information content (AvgIpc) is 1.89. The molecule has 0 saturated carbocycles. The van der Waals surface area contributed by atoms with E-state index in [1.54, 1.807) is 6.92 Å². The van der Waals surface area contributed by atoms with Crippen molar-refractivity contribution in [1.82, 2.24) is 0 Å². The molecule has 0 amide bonds. The molecule has 60 valence electrons. The van der Waals surface area contributed by atoms with Crippen molar-refractivity contribution in [2.75, 3.05) is 12.3 Å². The van der Waals surface area contributed by atoms with E-state index in [4.69, 9.17) is 4.89 Å². The summed E-state index contributed by atoms with van der Waals surface area (Å²) in [7, 11) is -2.75. The molecule has 3 heteroatoms. The van der Waals surface area contributed by atoms with Gasteiger partial charge < -0.3 is 4.89 Å². The summed E-state index contributed by atoms with van der Waals surface area (Å²) in [6.07, 6.45) is 5.35. The second-order valence-corrected chi connectivity index (χ2v) is 5.02. The summed E-state index contributed by atoms with van der Waals surface area (Å²) in [6.45, 7) is 3.66. The van der Waals surface area contributed by atoms with Crippen LogP contribution in [0.3, 0.4) is 0 Å². The molecule has 0 aromatic carbocycles. The molecule has 0 aromatic rings. The highest BCUT2D eigenvalue weighted by Gasteiger charge is 2.12. The molecule has 0 aliphatic rings. The minimum atomic E-state index is -2.75. The second-order valence-electron chi connectivity index (χ2n) is 2.24. The topological polar surface area (TPSA) is 37.3 Å². The molecule has 0 aliphatic heterocycles. The van der Waals surface area contributed by atoms with E-state index in [-0.39, 0.29) is 0 Å². The van der Waals surface area contributed by atoms with Gasteiger partial charge in [-0.05, 0) is 13.3 Å². The third-order valence-corrected chi connectivity index (χ3v) is 3.32. The highest BCUT2D eigenvalue weighted by Crippen LogP contribution is 2.40. The van der Waals surface area contributed by atoms with Crippen molar-refractivity contribution in [2.24, 2.45) is 0 Å². The highest BCUT2D eigenvalue weighted by atomic mass is 31.2. The van der Waals surface area contributed by atoms with Gasteiger partial charge in [0.25, 0.3) is 0 Å². The monoisotopic (exact) mass is 162 g/mol. The molecule has 0 saturated heterocycles. The Labute approximate surface area is 62.4 Å². The third kappa shape index (κ3) is 4.78. The number of rotatable bonds is 4. The first-order valence-electron chi connectivity index (χ1n) is 3.54. The zero-order chi connectivity index (χ0) is 8.04. The van der Waals surface area contributed by atoms with Crippen molar-refractivity contribution >= 4 is 7.37 Å². The van der Waals surface area contributed by atoms with E-state index in [1.807, 2.05) is 19.1 Å².